The lowest BCUT2D eigenvalue weighted by Crippen LogP contribution is -1.94. The smallest absolute Gasteiger partial charge is 0.284 e. The third-order valence-electron chi connectivity index (χ3n) is 0.914. The first-order chi connectivity index (χ1) is 5.16. The Bertz CT molecular complexity index is 309. The minimum atomic E-state index is -0.626. The Balaban J connectivity index is 3.14. The van der Waals surface area contributed by atoms with Crippen LogP contribution in [0.1, 0.15) is 9.67 Å². The molecule has 0 unspecified atom stereocenters. The predicted octanol–water partition coefficient (Wildman–Crippen LogP) is 1.95. The van der Waals surface area contributed by atoms with Crippen molar-refractivity contribution in [2.45, 2.75) is 0 Å². The van der Waals surface area contributed by atoms with E-state index in [2.05, 4.69) is 15.6 Å². The van der Waals surface area contributed by atoms with Gasteiger partial charge in [0.2, 0.25) is 4.88 Å². The number of carbonyl (C=O) groups excluding carboxylic acids is 2. The van der Waals surface area contributed by atoms with Crippen molar-refractivity contribution in [2.75, 3.05) is 0 Å². The van der Waals surface area contributed by atoms with Gasteiger partial charge in [0.15, 0.2) is 11.9 Å². The van der Waals surface area contributed by atoms with Gasteiger partial charge in [-0.05, 0) is 11.5 Å². The van der Waals surface area contributed by atoms with Crippen LogP contribution in [0.3, 0.4) is 0 Å². The van der Waals surface area contributed by atoms with Gasteiger partial charge in [-0.25, -0.2) is 0 Å². The predicted molar refractivity (Wildman–Crippen MR) is 43.6 cm³/mol. The van der Waals surface area contributed by atoms with Gasteiger partial charge >= 0.3 is 5.97 Å². The van der Waals surface area contributed by atoms with Crippen LogP contribution in [0.15, 0.2) is 0 Å². The van der Waals surface area contributed by atoms with Crippen LogP contribution in [0.5, 0.6) is 0 Å². The summed E-state index contributed by atoms with van der Waals surface area (Å²) in [6.07, 6.45) is 0. The number of hydrogen-bond donors (Lipinski definition) is 0. The Kier molecular flexibility index (Phi) is 2.59. The highest BCUT2D eigenvalue weighted by Crippen LogP contribution is 2.28. The van der Waals surface area contributed by atoms with E-state index in [1.54, 1.807) is 0 Å². The Morgan fingerprint density at radius 3 is 2.64 bits per heavy atom. The molecular weight excluding hydrogens is 209 g/mol. The highest BCUT2D eigenvalue weighted by molar-refractivity contribution is 7.09. The van der Waals surface area contributed by atoms with Gasteiger partial charge in [0.25, 0.3) is 0 Å². The van der Waals surface area contributed by atoms with Gasteiger partial charge in [-0.3, -0.25) is 4.42 Å². The van der Waals surface area contributed by atoms with Gasteiger partial charge in [0, 0.05) is 0 Å². The summed E-state index contributed by atoms with van der Waals surface area (Å²) >= 11 is 11.9. The van der Waals surface area contributed by atoms with E-state index in [1.165, 1.54) is 0 Å². The summed E-state index contributed by atoms with van der Waals surface area (Å²) in [6, 6.07) is 0. The van der Waals surface area contributed by atoms with Crippen molar-refractivity contribution < 1.29 is 9.22 Å². The fraction of sp³-hybridized carbons (Fsp3) is 0. The van der Waals surface area contributed by atoms with E-state index in [1.807, 2.05) is 0 Å². The quantitative estimate of drug-likeness (QED) is 0.666. The standard InChI is InChI=1S/C5H2Cl2NO2S/c1-10-5(9)3-2(6)4(7)8-11-3/h1H2/q+1. The van der Waals surface area contributed by atoms with Gasteiger partial charge in [0.1, 0.15) is 5.02 Å². The number of nitrogens with zero attached hydrogens (tertiary/aromatic N) is 1. The lowest BCUT2D eigenvalue weighted by Gasteiger charge is -1.77. The second-order valence-corrected chi connectivity index (χ2v) is 3.06. The monoisotopic (exact) mass is 210 g/mol. The van der Waals surface area contributed by atoms with Crippen LogP contribution in [0.2, 0.25) is 10.2 Å². The molecule has 1 heterocycles. The molecule has 0 N–H and O–H groups in total. The number of hydrogen-bond acceptors (Lipinski definition) is 3. The second-order valence-electron chi connectivity index (χ2n) is 1.55. The van der Waals surface area contributed by atoms with Crippen molar-refractivity contribution >= 4 is 47.5 Å². The first kappa shape index (κ1) is 8.64. The third kappa shape index (κ3) is 1.58. The van der Waals surface area contributed by atoms with Crippen molar-refractivity contribution in [3.05, 3.63) is 15.1 Å². The van der Waals surface area contributed by atoms with E-state index in [-0.39, 0.29) is 15.1 Å². The van der Waals surface area contributed by atoms with Crippen molar-refractivity contribution in [1.82, 2.24) is 4.37 Å². The Labute approximate surface area is 76.4 Å². The summed E-state index contributed by atoms with van der Waals surface area (Å²) in [5.74, 6) is -0.626. The molecular formula is C5H2Cl2NO2S+. The number of aromatic nitrogens is 1. The van der Waals surface area contributed by atoms with Crippen LogP contribution < -0.4 is 0 Å². The van der Waals surface area contributed by atoms with Crippen LogP contribution in [0.4, 0.5) is 0 Å². The molecule has 0 saturated carbocycles. The van der Waals surface area contributed by atoms with Gasteiger partial charge in [0.05, 0.1) is 4.79 Å². The average Bonchev–Trinajstić information content (AvgIpc) is 2.32. The van der Waals surface area contributed by atoms with Crippen molar-refractivity contribution in [3.63, 3.8) is 0 Å². The van der Waals surface area contributed by atoms with Gasteiger partial charge in [-0.1, -0.05) is 23.2 Å². The Morgan fingerprint density at radius 1 is 1.64 bits per heavy atom. The largest absolute Gasteiger partial charge is 0.625 e. The van der Waals surface area contributed by atoms with E-state index in [4.69, 9.17) is 23.2 Å². The van der Waals surface area contributed by atoms with Crippen molar-refractivity contribution in [1.29, 1.82) is 0 Å². The molecule has 3 nitrogen and oxygen atoms in total. The van der Waals surface area contributed by atoms with Crippen molar-refractivity contribution in [3.8, 4) is 0 Å². The molecule has 1 aromatic heterocycles. The maximum atomic E-state index is 10.8. The fourth-order valence-corrected chi connectivity index (χ4v) is 1.55. The van der Waals surface area contributed by atoms with Gasteiger partial charge in [-0.15, -0.1) is 0 Å². The third-order valence-corrected chi connectivity index (χ3v) is 2.69. The fourth-order valence-electron chi connectivity index (χ4n) is 0.452. The number of carbonyl (C=O) groups is 1. The minimum absolute atomic E-state index is 0.108. The van der Waals surface area contributed by atoms with Crippen LogP contribution in [-0.4, -0.2) is 17.1 Å². The molecule has 58 valence electrons. The lowest BCUT2D eigenvalue weighted by atomic mass is 10.5. The summed E-state index contributed by atoms with van der Waals surface area (Å²) in [4.78, 5) is 11.0. The van der Waals surface area contributed by atoms with E-state index in [0.717, 1.165) is 11.5 Å². The van der Waals surface area contributed by atoms with Crippen LogP contribution in [-0.2, 0) is 4.42 Å². The SMILES string of the molecule is C=[O+]C(=O)c1snc(Cl)c1Cl. The molecule has 0 fully saturated rings. The molecule has 1 rings (SSSR count). The van der Waals surface area contributed by atoms with Crippen LogP contribution in [0.25, 0.3) is 0 Å². The minimum Gasteiger partial charge on any atom is -0.284 e. The summed E-state index contributed by atoms with van der Waals surface area (Å²) in [5.41, 5.74) is 0. The highest BCUT2D eigenvalue weighted by atomic mass is 35.5. The lowest BCUT2D eigenvalue weighted by molar-refractivity contribution is -0.333. The van der Waals surface area contributed by atoms with E-state index >= 15 is 0 Å². The molecule has 0 bridgehead atoms. The summed E-state index contributed by atoms with van der Waals surface area (Å²) in [7, 11) is 0. The van der Waals surface area contributed by atoms with Gasteiger partial charge in [-0.2, -0.15) is 4.37 Å². The summed E-state index contributed by atoms with van der Waals surface area (Å²) in [5, 5.41) is 0.224. The average molecular weight is 211 g/mol. The molecule has 0 aliphatic carbocycles. The maximum absolute atomic E-state index is 10.8. The number of rotatable bonds is 1. The molecule has 1 aromatic rings. The topological polar surface area (TPSA) is 41.3 Å². The molecule has 0 aromatic carbocycles. The zero-order valence-electron chi connectivity index (χ0n) is 5.13. The molecule has 0 aliphatic rings. The highest BCUT2D eigenvalue weighted by Gasteiger charge is 2.26. The van der Waals surface area contributed by atoms with E-state index < -0.39 is 5.97 Å². The maximum Gasteiger partial charge on any atom is 0.625 e. The van der Waals surface area contributed by atoms with Gasteiger partial charge < -0.3 is 0 Å². The summed E-state index contributed by atoms with van der Waals surface area (Å²) in [6.45, 7) is 2.94. The molecule has 6 heteroatoms. The summed E-state index contributed by atoms with van der Waals surface area (Å²) < 4.78 is 7.80. The Morgan fingerprint density at radius 2 is 2.27 bits per heavy atom. The molecule has 0 aliphatic heterocycles. The van der Waals surface area contributed by atoms with Crippen molar-refractivity contribution in [2.24, 2.45) is 0 Å². The zero-order valence-corrected chi connectivity index (χ0v) is 7.46. The first-order valence-corrected chi connectivity index (χ1v) is 3.96. The Hall–Kier alpha value is -0.450. The molecule has 0 atom stereocenters. The van der Waals surface area contributed by atoms with Crippen LogP contribution >= 0.6 is 34.7 Å². The molecule has 0 amide bonds. The molecule has 11 heavy (non-hydrogen) atoms. The van der Waals surface area contributed by atoms with Crippen LogP contribution in [0, 0.1) is 0 Å². The first-order valence-electron chi connectivity index (χ1n) is 2.44. The zero-order chi connectivity index (χ0) is 8.43. The number of halogens is 2. The second kappa shape index (κ2) is 3.30. The molecule has 0 saturated heterocycles. The molecule has 0 radical (unpaired) electrons. The normalized spacial score (nSPS) is 9.64. The van der Waals surface area contributed by atoms with E-state index in [9.17, 15) is 4.79 Å². The molecule has 0 spiro atoms. The van der Waals surface area contributed by atoms with E-state index in [0.29, 0.717) is 0 Å².